The maximum atomic E-state index is 13.5. The lowest BCUT2D eigenvalue weighted by atomic mass is 10.1. The van der Waals surface area contributed by atoms with E-state index in [2.05, 4.69) is 15.6 Å². The molecule has 1 aromatic carbocycles. The van der Waals surface area contributed by atoms with E-state index in [9.17, 15) is 14.0 Å². The molecular weight excluding hydrogens is 325 g/mol. The van der Waals surface area contributed by atoms with E-state index >= 15 is 0 Å². The van der Waals surface area contributed by atoms with Crippen molar-refractivity contribution >= 4 is 11.8 Å². The number of methoxy groups -OCH3 is 1. The van der Waals surface area contributed by atoms with E-state index in [1.54, 1.807) is 25.3 Å². The summed E-state index contributed by atoms with van der Waals surface area (Å²) in [6.07, 6.45) is 3.14. The van der Waals surface area contributed by atoms with Crippen LogP contribution in [0.15, 0.2) is 42.7 Å². The standard InChI is InChI=1S/C18H20FN3O3/c1-25-9-8-22-18(24)15-10-14(11-20-12-15)17(23)21-7-6-13-4-2-3-5-16(13)19/h2-5,10-12H,6-9H2,1H3,(H,21,23)(H,22,24). The van der Waals surface area contributed by atoms with E-state index in [4.69, 9.17) is 4.74 Å². The molecule has 0 bridgehead atoms. The van der Waals surface area contributed by atoms with Crippen LogP contribution in [0.25, 0.3) is 0 Å². The zero-order chi connectivity index (χ0) is 18.1. The fourth-order valence-corrected chi connectivity index (χ4v) is 2.17. The molecular formula is C18H20FN3O3. The van der Waals surface area contributed by atoms with Crippen LogP contribution in [0, 0.1) is 5.82 Å². The largest absolute Gasteiger partial charge is 0.383 e. The van der Waals surface area contributed by atoms with Crippen LogP contribution < -0.4 is 10.6 Å². The summed E-state index contributed by atoms with van der Waals surface area (Å²) in [6.45, 7) is 1.05. The minimum atomic E-state index is -0.365. The number of rotatable bonds is 8. The van der Waals surface area contributed by atoms with E-state index < -0.39 is 0 Å². The number of benzene rings is 1. The van der Waals surface area contributed by atoms with Crippen LogP contribution in [0.4, 0.5) is 4.39 Å². The molecule has 1 heterocycles. The number of halogens is 1. The van der Waals surface area contributed by atoms with Crippen molar-refractivity contribution in [3.63, 3.8) is 0 Å². The summed E-state index contributed by atoms with van der Waals surface area (Å²) < 4.78 is 18.4. The number of hydrogen-bond donors (Lipinski definition) is 2. The summed E-state index contributed by atoms with van der Waals surface area (Å²) in [5.74, 6) is -0.992. The molecule has 0 aliphatic carbocycles. The molecule has 2 aromatic rings. The average Bonchev–Trinajstić information content (AvgIpc) is 2.63. The molecule has 0 spiro atoms. The van der Waals surface area contributed by atoms with Gasteiger partial charge in [-0.1, -0.05) is 18.2 Å². The molecule has 7 heteroatoms. The van der Waals surface area contributed by atoms with Crippen molar-refractivity contribution in [2.24, 2.45) is 0 Å². The van der Waals surface area contributed by atoms with Crippen LogP contribution in [0.5, 0.6) is 0 Å². The molecule has 0 saturated carbocycles. The summed E-state index contributed by atoms with van der Waals surface area (Å²) in [4.78, 5) is 28.0. The van der Waals surface area contributed by atoms with Crippen molar-refractivity contribution in [2.45, 2.75) is 6.42 Å². The third-order valence-corrected chi connectivity index (χ3v) is 3.49. The predicted octanol–water partition coefficient (Wildman–Crippen LogP) is 1.57. The van der Waals surface area contributed by atoms with E-state index in [1.165, 1.54) is 24.5 Å². The van der Waals surface area contributed by atoms with Gasteiger partial charge in [0.1, 0.15) is 5.82 Å². The van der Waals surface area contributed by atoms with Crippen molar-refractivity contribution in [1.29, 1.82) is 0 Å². The van der Waals surface area contributed by atoms with Gasteiger partial charge in [0.15, 0.2) is 0 Å². The van der Waals surface area contributed by atoms with Crippen LogP contribution in [-0.4, -0.2) is 43.6 Å². The zero-order valence-electron chi connectivity index (χ0n) is 13.9. The number of amides is 2. The van der Waals surface area contributed by atoms with Gasteiger partial charge in [0.05, 0.1) is 17.7 Å². The summed E-state index contributed by atoms with van der Waals surface area (Å²) in [6, 6.07) is 7.89. The Kier molecular flexibility index (Phi) is 7.03. The fraction of sp³-hybridized carbons (Fsp3) is 0.278. The summed E-state index contributed by atoms with van der Waals surface area (Å²) in [5.41, 5.74) is 1.10. The number of nitrogens with zero attached hydrogens (tertiary/aromatic N) is 1. The highest BCUT2D eigenvalue weighted by atomic mass is 19.1. The molecule has 132 valence electrons. The van der Waals surface area contributed by atoms with Crippen LogP contribution in [0.1, 0.15) is 26.3 Å². The Morgan fingerprint density at radius 3 is 2.36 bits per heavy atom. The molecule has 0 atom stereocenters. The van der Waals surface area contributed by atoms with Crippen LogP contribution in [-0.2, 0) is 11.2 Å². The molecule has 6 nitrogen and oxygen atoms in total. The van der Waals surface area contributed by atoms with Gasteiger partial charge < -0.3 is 15.4 Å². The molecule has 0 aliphatic heterocycles. The Hall–Kier alpha value is -2.80. The number of carbonyl (C=O) groups is 2. The third kappa shape index (κ3) is 5.65. The second kappa shape index (κ2) is 9.48. The summed E-state index contributed by atoms with van der Waals surface area (Å²) in [7, 11) is 1.54. The monoisotopic (exact) mass is 345 g/mol. The van der Waals surface area contributed by atoms with Crippen molar-refractivity contribution in [1.82, 2.24) is 15.6 Å². The molecule has 0 saturated heterocycles. The van der Waals surface area contributed by atoms with Crippen molar-refractivity contribution in [3.8, 4) is 0 Å². The molecule has 0 fully saturated rings. The lowest BCUT2D eigenvalue weighted by Crippen LogP contribution is -2.28. The lowest BCUT2D eigenvalue weighted by molar-refractivity contribution is 0.0936. The minimum Gasteiger partial charge on any atom is -0.383 e. The van der Waals surface area contributed by atoms with Gasteiger partial charge in [-0.05, 0) is 24.1 Å². The normalized spacial score (nSPS) is 10.3. The number of carbonyl (C=O) groups excluding carboxylic acids is 2. The number of hydrogen-bond acceptors (Lipinski definition) is 4. The van der Waals surface area contributed by atoms with Gasteiger partial charge in [0.25, 0.3) is 11.8 Å². The highest BCUT2D eigenvalue weighted by Crippen LogP contribution is 2.07. The van der Waals surface area contributed by atoms with E-state index in [1.807, 2.05) is 0 Å². The summed E-state index contributed by atoms with van der Waals surface area (Å²) in [5, 5.41) is 5.36. The average molecular weight is 345 g/mol. The van der Waals surface area contributed by atoms with Crippen LogP contribution >= 0.6 is 0 Å². The second-order valence-electron chi connectivity index (χ2n) is 5.31. The molecule has 25 heavy (non-hydrogen) atoms. The molecule has 0 unspecified atom stereocenters. The lowest BCUT2D eigenvalue weighted by Gasteiger charge is -2.08. The van der Waals surface area contributed by atoms with E-state index in [0.29, 0.717) is 25.1 Å². The van der Waals surface area contributed by atoms with Gasteiger partial charge >= 0.3 is 0 Å². The maximum Gasteiger partial charge on any atom is 0.252 e. The van der Waals surface area contributed by atoms with Crippen LogP contribution in [0.3, 0.4) is 0 Å². The van der Waals surface area contributed by atoms with Crippen molar-refractivity contribution in [2.75, 3.05) is 26.8 Å². The third-order valence-electron chi connectivity index (χ3n) is 3.49. The topological polar surface area (TPSA) is 80.3 Å². The van der Waals surface area contributed by atoms with E-state index in [-0.39, 0.29) is 35.3 Å². The number of nitrogens with one attached hydrogen (secondary N) is 2. The number of pyridine rings is 1. The first kappa shape index (κ1) is 18.5. The second-order valence-corrected chi connectivity index (χ2v) is 5.31. The van der Waals surface area contributed by atoms with E-state index in [0.717, 1.165) is 0 Å². The molecule has 2 rings (SSSR count). The molecule has 2 N–H and O–H groups in total. The highest BCUT2D eigenvalue weighted by molar-refractivity contribution is 5.99. The first-order valence-electron chi connectivity index (χ1n) is 7.85. The zero-order valence-corrected chi connectivity index (χ0v) is 13.9. The Bertz CT molecular complexity index is 737. The fourth-order valence-electron chi connectivity index (χ4n) is 2.17. The van der Waals surface area contributed by atoms with Crippen molar-refractivity contribution in [3.05, 3.63) is 65.2 Å². The maximum absolute atomic E-state index is 13.5. The Balaban J connectivity index is 1.90. The van der Waals surface area contributed by atoms with Gasteiger partial charge in [-0.3, -0.25) is 14.6 Å². The molecule has 0 aliphatic rings. The molecule has 1 aromatic heterocycles. The van der Waals surface area contributed by atoms with Gasteiger partial charge in [-0.25, -0.2) is 4.39 Å². The quantitative estimate of drug-likeness (QED) is 0.712. The summed E-state index contributed by atoms with van der Waals surface area (Å²) >= 11 is 0. The highest BCUT2D eigenvalue weighted by Gasteiger charge is 2.11. The van der Waals surface area contributed by atoms with Gasteiger partial charge in [-0.2, -0.15) is 0 Å². The molecule has 0 radical (unpaired) electrons. The first-order chi connectivity index (χ1) is 12.1. The van der Waals surface area contributed by atoms with Crippen LogP contribution in [0.2, 0.25) is 0 Å². The number of ether oxygens (including phenoxy) is 1. The SMILES string of the molecule is COCCNC(=O)c1cncc(C(=O)NCCc2ccccc2F)c1. The van der Waals surface area contributed by atoms with Gasteiger partial charge in [0.2, 0.25) is 0 Å². The minimum absolute atomic E-state index is 0.271. The number of aromatic nitrogens is 1. The smallest absolute Gasteiger partial charge is 0.252 e. The molecule has 2 amide bonds. The van der Waals surface area contributed by atoms with Crippen molar-refractivity contribution < 1.29 is 18.7 Å². The van der Waals surface area contributed by atoms with Gasteiger partial charge in [-0.15, -0.1) is 0 Å². The first-order valence-corrected chi connectivity index (χ1v) is 7.85. The van der Waals surface area contributed by atoms with Gasteiger partial charge in [0, 0.05) is 32.6 Å². The Morgan fingerprint density at radius 1 is 1.08 bits per heavy atom. The predicted molar refractivity (Wildman–Crippen MR) is 90.9 cm³/mol. The Morgan fingerprint density at radius 2 is 1.72 bits per heavy atom. The Labute approximate surface area is 145 Å².